The summed E-state index contributed by atoms with van der Waals surface area (Å²) in [6.45, 7) is 0. The van der Waals surface area contributed by atoms with Crippen LogP contribution in [0, 0.1) is 5.92 Å². The summed E-state index contributed by atoms with van der Waals surface area (Å²) in [5.41, 5.74) is 2.83. The summed E-state index contributed by atoms with van der Waals surface area (Å²) in [7, 11) is 0. The molecule has 28 heavy (non-hydrogen) atoms. The van der Waals surface area contributed by atoms with Crippen LogP contribution in [0.3, 0.4) is 0 Å². The van der Waals surface area contributed by atoms with Gasteiger partial charge in [-0.2, -0.15) is 0 Å². The first-order chi connectivity index (χ1) is 13.7. The van der Waals surface area contributed by atoms with Crippen molar-refractivity contribution in [1.29, 1.82) is 0 Å². The van der Waals surface area contributed by atoms with E-state index in [0.29, 0.717) is 11.7 Å². The van der Waals surface area contributed by atoms with E-state index >= 15 is 0 Å². The van der Waals surface area contributed by atoms with E-state index in [4.69, 9.17) is 4.74 Å². The average molecular weight is 379 g/mol. The van der Waals surface area contributed by atoms with E-state index in [0.717, 1.165) is 36.8 Å². The predicted molar refractivity (Wildman–Crippen MR) is 112 cm³/mol. The van der Waals surface area contributed by atoms with Crippen LogP contribution in [0.5, 0.6) is 11.5 Å². The minimum absolute atomic E-state index is 0.00368. The highest BCUT2D eigenvalue weighted by Gasteiger charge is 2.24. The minimum Gasteiger partial charge on any atom is -0.507 e. The van der Waals surface area contributed by atoms with Crippen LogP contribution in [0.25, 0.3) is 11.1 Å². The second-order valence-electron chi connectivity index (χ2n) is 8.36. The maximum atomic E-state index is 12.7. The van der Waals surface area contributed by atoms with E-state index in [1.807, 2.05) is 30.3 Å². The van der Waals surface area contributed by atoms with Gasteiger partial charge in [0.1, 0.15) is 11.5 Å². The third-order valence-electron chi connectivity index (χ3n) is 6.42. The number of hydrogen-bond acceptors (Lipinski definition) is 3. The van der Waals surface area contributed by atoms with Gasteiger partial charge in [0.15, 0.2) is 0 Å². The van der Waals surface area contributed by atoms with Crippen LogP contribution in [-0.2, 0) is 4.79 Å². The van der Waals surface area contributed by atoms with Crippen LogP contribution in [0.1, 0.15) is 75.7 Å². The number of rotatable bonds is 4. The van der Waals surface area contributed by atoms with Crippen molar-refractivity contribution < 1.29 is 14.6 Å². The van der Waals surface area contributed by atoms with Crippen LogP contribution in [0.4, 0.5) is 0 Å². The molecule has 3 heteroatoms. The standard InChI is InChI=1S/C25H30O3/c26-23-16-15-20(18-9-3-1-4-10-18)17-22(23)21-13-7-8-14-24(21)28-25(27)19-11-5-2-6-12-19/h7-8,13-19,26H,1-6,9-12H2. The number of hydrogen-bond donors (Lipinski definition) is 1. The van der Waals surface area contributed by atoms with E-state index in [9.17, 15) is 9.90 Å². The van der Waals surface area contributed by atoms with E-state index in [-0.39, 0.29) is 17.6 Å². The Hall–Kier alpha value is -2.29. The number of benzene rings is 2. The molecule has 2 aliphatic carbocycles. The van der Waals surface area contributed by atoms with Crippen LogP contribution < -0.4 is 4.74 Å². The molecule has 148 valence electrons. The number of carbonyl (C=O) groups is 1. The van der Waals surface area contributed by atoms with Gasteiger partial charge < -0.3 is 9.84 Å². The molecule has 2 aromatic carbocycles. The van der Waals surface area contributed by atoms with Gasteiger partial charge in [-0.05, 0) is 55.4 Å². The summed E-state index contributed by atoms with van der Waals surface area (Å²) in [5, 5.41) is 10.6. The molecule has 2 aromatic rings. The van der Waals surface area contributed by atoms with Gasteiger partial charge >= 0.3 is 5.97 Å². The lowest BCUT2D eigenvalue weighted by Crippen LogP contribution is -2.22. The van der Waals surface area contributed by atoms with Crippen molar-refractivity contribution in [2.45, 2.75) is 70.1 Å². The van der Waals surface area contributed by atoms with Gasteiger partial charge in [-0.25, -0.2) is 0 Å². The molecule has 2 saturated carbocycles. The third-order valence-corrected chi connectivity index (χ3v) is 6.42. The highest BCUT2D eigenvalue weighted by atomic mass is 16.5. The number of ether oxygens (including phenoxy) is 1. The third kappa shape index (κ3) is 4.24. The molecule has 4 rings (SSSR count). The summed E-state index contributed by atoms with van der Waals surface area (Å²) in [6.07, 6.45) is 11.5. The van der Waals surface area contributed by atoms with E-state index in [2.05, 4.69) is 6.07 Å². The summed E-state index contributed by atoms with van der Waals surface area (Å²) in [5.74, 6) is 1.22. The number of para-hydroxylation sites is 1. The van der Waals surface area contributed by atoms with Crippen molar-refractivity contribution in [3.8, 4) is 22.6 Å². The van der Waals surface area contributed by atoms with Crippen molar-refractivity contribution in [1.82, 2.24) is 0 Å². The molecule has 0 heterocycles. The fraction of sp³-hybridized carbons (Fsp3) is 0.480. The Morgan fingerprint density at radius 3 is 2.25 bits per heavy atom. The SMILES string of the molecule is O=C(Oc1ccccc1-c1cc(C2CCCCC2)ccc1O)C1CCCCC1. The number of phenols is 1. The second-order valence-corrected chi connectivity index (χ2v) is 8.36. The summed E-state index contributed by atoms with van der Waals surface area (Å²) in [6, 6.07) is 13.5. The molecule has 0 amide bonds. The Balaban J connectivity index is 1.61. The van der Waals surface area contributed by atoms with E-state index < -0.39 is 0 Å². The molecular weight excluding hydrogens is 348 g/mol. The molecule has 0 aliphatic heterocycles. The van der Waals surface area contributed by atoms with Crippen molar-refractivity contribution >= 4 is 5.97 Å². The highest BCUT2D eigenvalue weighted by Crippen LogP contribution is 2.40. The molecule has 0 unspecified atom stereocenters. The van der Waals surface area contributed by atoms with Gasteiger partial charge in [0.2, 0.25) is 0 Å². The topological polar surface area (TPSA) is 46.5 Å². The first kappa shape index (κ1) is 19.0. The smallest absolute Gasteiger partial charge is 0.314 e. The van der Waals surface area contributed by atoms with Crippen LogP contribution in [0.2, 0.25) is 0 Å². The van der Waals surface area contributed by atoms with Gasteiger partial charge in [0.05, 0.1) is 5.92 Å². The van der Waals surface area contributed by atoms with Gasteiger partial charge in [0, 0.05) is 11.1 Å². The molecule has 0 spiro atoms. The second kappa shape index (κ2) is 8.81. The van der Waals surface area contributed by atoms with Gasteiger partial charge in [-0.3, -0.25) is 4.79 Å². The Bertz CT molecular complexity index is 814. The maximum Gasteiger partial charge on any atom is 0.314 e. The van der Waals surface area contributed by atoms with Gasteiger partial charge in [0.25, 0.3) is 0 Å². The maximum absolute atomic E-state index is 12.7. The minimum atomic E-state index is -0.130. The quantitative estimate of drug-likeness (QED) is 0.482. The fourth-order valence-electron chi connectivity index (χ4n) is 4.77. The molecular formula is C25H30O3. The summed E-state index contributed by atoms with van der Waals surface area (Å²) in [4.78, 5) is 12.7. The lowest BCUT2D eigenvalue weighted by atomic mass is 9.83. The van der Waals surface area contributed by atoms with Crippen molar-refractivity contribution in [2.75, 3.05) is 0 Å². The predicted octanol–water partition coefficient (Wildman–Crippen LogP) is 6.59. The Morgan fingerprint density at radius 2 is 1.50 bits per heavy atom. The number of esters is 1. The lowest BCUT2D eigenvalue weighted by molar-refractivity contribution is -0.139. The van der Waals surface area contributed by atoms with E-state index in [1.165, 1.54) is 44.1 Å². The Labute approximate surface area is 167 Å². The van der Waals surface area contributed by atoms with Gasteiger partial charge in [-0.1, -0.05) is 62.8 Å². The zero-order chi connectivity index (χ0) is 19.3. The van der Waals surface area contributed by atoms with Crippen LogP contribution in [0.15, 0.2) is 42.5 Å². The Morgan fingerprint density at radius 1 is 0.821 bits per heavy atom. The molecule has 1 N–H and O–H groups in total. The first-order valence-corrected chi connectivity index (χ1v) is 10.9. The first-order valence-electron chi connectivity index (χ1n) is 10.9. The summed E-state index contributed by atoms with van der Waals surface area (Å²) >= 11 is 0. The van der Waals surface area contributed by atoms with Crippen molar-refractivity contribution in [3.05, 3.63) is 48.0 Å². The average Bonchev–Trinajstić information content (AvgIpc) is 2.76. The molecule has 0 bridgehead atoms. The summed E-state index contributed by atoms with van der Waals surface area (Å²) < 4.78 is 5.83. The molecule has 0 radical (unpaired) electrons. The lowest BCUT2D eigenvalue weighted by Gasteiger charge is -2.23. The van der Waals surface area contributed by atoms with Crippen molar-refractivity contribution in [3.63, 3.8) is 0 Å². The van der Waals surface area contributed by atoms with Gasteiger partial charge in [-0.15, -0.1) is 0 Å². The molecule has 2 aliphatic rings. The number of carbonyl (C=O) groups excluding carboxylic acids is 1. The number of aromatic hydroxyl groups is 1. The monoisotopic (exact) mass is 378 g/mol. The number of phenolic OH excluding ortho intramolecular Hbond substituents is 1. The normalized spacial score (nSPS) is 18.7. The fourth-order valence-corrected chi connectivity index (χ4v) is 4.77. The van der Waals surface area contributed by atoms with Crippen LogP contribution in [-0.4, -0.2) is 11.1 Å². The largest absolute Gasteiger partial charge is 0.507 e. The molecule has 2 fully saturated rings. The van der Waals surface area contributed by atoms with Crippen LogP contribution >= 0.6 is 0 Å². The zero-order valence-corrected chi connectivity index (χ0v) is 16.5. The molecule has 0 atom stereocenters. The Kier molecular flexibility index (Phi) is 5.99. The molecule has 0 saturated heterocycles. The zero-order valence-electron chi connectivity index (χ0n) is 16.5. The van der Waals surface area contributed by atoms with E-state index in [1.54, 1.807) is 6.07 Å². The highest BCUT2D eigenvalue weighted by molar-refractivity contribution is 5.81. The molecule has 0 aromatic heterocycles. The molecule has 3 nitrogen and oxygen atoms in total. The van der Waals surface area contributed by atoms with Crippen molar-refractivity contribution in [2.24, 2.45) is 5.92 Å².